The smallest absolute Gasteiger partial charge is 0.344 e. The van der Waals surface area contributed by atoms with Crippen LogP contribution in [0.1, 0.15) is 0 Å². The Morgan fingerprint density at radius 3 is 2.29 bits per heavy atom. The molecule has 0 aliphatic heterocycles. The van der Waals surface area contributed by atoms with Gasteiger partial charge >= 0.3 is 5.63 Å². The van der Waals surface area contributed by atoms with Crippen LogP contribution >= 0.6 is 0 Å². The minimum absolute atomic E-state index is 0.301. The first-order chi connectivity index (χ1) is 10.3. The SMILES string of the molecule is O=c1oc2c(ccc3ccccc32)cc1-c1ccccc1. The van der Waals surface area contributed by atoms with Crippen molar-refractivity contribution in [2.45, 2.75) is 0 Å². The molecule has 0 aliphatic rings. The summed E-state index contributed by atoms with van der Waals surface area (Å²) in [5, 5.41) is 2.97. The highest BCUT2D eigenvalue weighted by molar-refractivity contribution is 6.04. The van der Waals surface area contributed by atoms with Gasteiger partial charge in [0.2, 0.25) is 0 Å². The fourth-order valence-corrected chi connectivity index (χ4v) is 2.67. The van der Waals surface area contributed by atoms with Crippen LogP contribution in [-0.2, 0) is 0 Å². The minimum atomic E-state index is -0.301. The number of hydrogen-bond donors (Lipinski definition) is 0. The molecule has 4 rings (SSSR count). The molecular weight excluding hydrogens is 260 g/mol. The summed E-state index contributed by atoms with van der Waals surface area (Å²) in [6.45, 7) is 0. The van der Waals surface area contributed by atoms with Crippen molar-refractivity contribution < 1.29 is 4.42 Å². The van der Waals surface area contributed by atoms with E-state index in [9.17, 15) is 4.79 Å². The molecule has 1 aromatic heterocycles. The molecule has 0 saturated heterocycles. The molecule has 0 fully saturated rings. The van der Waals surface area contributed by atoms with Crippen LogP contribution in [0.5, 0.6) is 0 Å². The molecule has 0 radical (unpaired) electrons. The van der Waals surface area contributed by atoms with Crippen LogP contribution in [0.15, 0.2) is 82.0 Å². The highest BCUT2D eigenvalue weighted by Gasteiger charge is 2.09. The molecule has 2 heteroatoms. The summed E-state index contributed by atoms with van der Waals surface area (Å²) in [4.78, 5) is 12.3. The summed E-state index contributed by atoms with van der Waals surface area (Å²) in [5.41, 5.74) is 1.82. The standard InChI is InChI=1S/C19H12O2/c20-19-17(13-6-2-1-3-7-13)12-15-11-10-14-8-4-5-9-16(14)18(15)21-19/h1-12H. The van der Waals surface area contributed by atoms with Crippen LogP contribution in [0.2, 0.25) is 0 Å². The largest absolute Gasteiger partial charge is 0.422 e. The van der Waals surface area contributed by atoms with Gasteiger partial charge in [-0.15, -0.1) is 0 Å². The highest BCUT2D eigenvalue weighted by atomic mass is 16.4. The third-order valence-electron chi connectivity index (χ3n) is 3.71. The average Bonchev–Trinajstić information content (AvgIpc) is 2.55. The van der Waals surface area contributed by atoms with E-state index in [4.69, 9.17) is 4.42 Å². The van der Waals surface area contributed by atoms with E-state index in [1.54, 1.807) is 0 Å². The van der Waals surface area contributed by atoms with Gasteiger partial charge in [-0.1, -0.05) is 66.7 Å². The topological polar surface area (TPSA) is 30.2 Å². The van der Waals surface area contributed by atoms with E-state index in [0.29, 0.717) is 11.1 Å². The molecule has 21 heavy (non-hydrogen) atoms. The van der Waals surface area contributed by atoms with E-state index in [1.165, 1.54) is 0 Å². The molecule has 0 bridgehead atoms. The maximum absolute atomic E-state index is 12.3. The fourth-order valence-electron chi connectivity index (χ4n) is 2.67. The average molecular weight is 272 g/mol. The number of hydrogen-bond acceptors (Lipinski definition) is 2. The first-order valence-corrected chi connectivity index (χ1v) is 6.84. The third kappa shape index (κ3) is 1.93. The summed E-state index contributed by atoms with van der Waals surface area (Å²) in [5.74, 6) is 0. The van der Waals surface area contributed by atoms with Crippen molar-refractivity contribution in [3.8, 4) is 11.1 Å². The predicted octanol–water partition coefficient (Wildman–Crippen LogP) is 4.61. The van der Waals surface area contributed by atoms with E-state index >= 15 is 0 Å². The monoisotopic (exact) mass is 272 g/mol. The molecule has 2 nitrogen and oxygen atoms in total. The van der Waals surface area contributed by atoms with Gasteiger partial charge in [0.15, 0.2) is 0 Å². The highest BCUT2D eigenvalue weighted by Crippen LogP contribution is 2.27. The second-order valence-electron chi connectivity index (χ2n) is 5.02. The van der Waals surface area contributed by atoms with Gasteiger partial charge in [-0.25, -0.2) is 4.79 Å². The fraction of sp³-hybridized carbons (Fsp3) is 0. The Balaban J connectivity index is 2.08. The first kappa shape index (κ1) is 11.9. The van der Waals surface area contributed by atoms with E-state index in [2.05, 4.69) is 0 Å². The molecule has 0 spiro atoms. The van der Waals surface area contributed by atoms with Gasteiger partial charge in [0.25, 0.3) is 0 Å². The first-order valence-electron chi connectivity index (χ1n) is 6.84. The van der Waals surface area contributed by atoms with Crippen molar-refractivity contribution in [2.24, 2.45) is 0 Å². The summed E-state index contributed by atoms with van der Waals surface area (Å²) in [6.07, 6.45) is 0. The molecule has 3 aromatic carbocycles. The van der Waals surface area contributed by atoms with Crippen LogP contribution in [0.4, 0.5) is 0 Å². The zero-order valence-electron chi connectivity index (χ0n) is 11.2. The van der Waals surface area contributed by atoms with Crippen molar-refractivity contribution in [3.05, 3.63) is 83.2 Å². The van der Waals surface area contributed by atoms with Gasteiger partial charge in [0.05, 0.1) is 5.56 Å². The molecule has 0 aliphatic carbocycles. The second-order valence-corrected chi connectivity index (χ2v) is 5.02. The van der Waals surface area contributed by atoms with Crippen LogP contribution in [0.3, 0.4) is 0 Å². The molecule has 1 heterocycles. The Hall–Kier alpha value is -2.87. The number of rotatable bonds is 1. The van der Waals surface area contributed by atoms with E-state index in [1.807, 2.05) is 72.8 Å². The van der Waals surface area contributed by atoms with Gasteiger partial charge < -0.3 is 4.42 Å². The summed E-state index contributed by atoms with van der Waals surface area (Å²) in [6, 6.07) is 23.5. The van der Waals surface area contributed by atoms with Crippen molar-refractivity contribution in [1.29, 1.82) is 0 Å². The van der Waals surface area contributed by atoms with Gasteiger partial charge in [-0.05, 0) is 17.0 Å². The second kappa shape index (κ2) is 4.60. The lowest BCUT2D eigenvalue weighted by atomic mass is 10.0. The minimum Gasteiger partial charge on any atom is -0.422 e. The van der Waals surface area contributed by atoms with Gasteiger partial charge in [0, 0.05) is 10.8 Å². The molecule has 0 saturated carbocycles. The Morgan fingerprint density at radius 2 is 1.43 bits per heavy atom. The van der Waals surface area contributed by atoms with Crippen molar-refractivity contribution in [1.82, 2.24) is 0 Å². The molecule has 100 valence electrons. The molecule has 0 atom stereocenters. The Kier molecular flexibility index (Phi) is 2.61. The lowest BCUT2D eigenvalue weighted by Gasteiger charge is -2.05. The predicted molar refractivity (Wildman–Crippen MR) is 85.4 cm³/mol. The molecular formula is C19H12O2. The normalized spacial score (nSPS) is 11.0. The van der Waals surface area contributed by atoms with E-state index in [-0.39, 0.29) is 5.63 Å². The van der Waals surface area contributed by atoms with Crippen molar-refractivity contribution in [3.63, 3.8) is 0 Å². The van der Waals surface area contributed by atoms with Crippen LogP contribution in [0, 0.1) is 0 Å². The van der Waals surface area contributed by atoms with Gasteiger partial charge in [0.1, 0.15) is 5.58 Å². The number of fused-ring (bicyclic) bond motifs is 3. The molecule has 0 unspecified atom stereocenters. The Bertz CT molecular complexity index is 998. The van der Waals surface area contributed by atoms with Crippen LogP contribution in [0.25, 0.3) is 32.9 Å². The maximum Gasteiger partial charge on any atom is 0.344 e. The Labute approximate surface area is 121 Å². The number of benzene rings is 3. The summed E-state index contributed by atoms with van der Waals surface area (Å²) >= 11 is 0. The Morgan fingerprint density at radius 1 is 0.714 bits per heavy atom. The molecule has 4 aromatic rings. The molecule has 0 amide bonds. The van der Waals surface area contributed by atoms with E-state index < -0.39 is 0 Å². The maximum atomic E-state index is 12.3. The summed E-state index contributed by atoms with van der Waals surface area (Å²) < 4.78 is 5.60. The lowest BCUT2D eigenvalue weighted by molar-refractivity contribution is 0.566. The zero-order valence-corrected chi connectivity index (χ0v) is 11.2. The van der Waals surface area contributed by atoms with Gasteiger partial charge in [-0.2, -0.15) is 0 Å². The van der Waals surface area contributed by atoms with Crippen molar-refractivity contribution in [2.75, 3.05) is 0 Å². The lowest BCUT2D eigenvalue weighted by Crippen LogP contribution is -2.02. The van der Waals surface area contributed by atoms with Crippen LogP contribution in [-0.4, -0.2) is 0 Å². The van der Waals surface area contributed by atoms with Crippen molar-refractivity contribution >= 4 is 21.7 Å². The third-order valence-corrected chi connectivity index (χ3v) is 3.71. The van der Waals surface area contributed by atoms with Crippen LogP contribution < -0.4 is 5.63 Å². The van der Waals surface area contributed by atoms with Gasteiger partial charge in [-0.3, -0.25) is 0 Å². The summed E-state index contributed by atoms with van der Waals surface area (Å²) in [7, 11) is 0. The molecule has 0 N–H and O–H groups in total. The zero-order chi connectivity index (χ0) is 14.2. The van der Waals surface area contributed by atoms with E-state index in [0.717, 1.165) is 21.7 Å². The quantitative estimate of drug-likeness (QED) is 0.374.